The third-order valence-electron chi connectivity index (χ3n) is 4.68. The summed E-state index contributed by atoms with van der Waals surface area (Å²) in [5, 5.41) is 15.8. The van der Waals surface area contributed by atoms with Gasteiger partial charge in [-0.1, -0.05) is 11.6 Å². The van der Waals surface area contributed by atoms with Gasteiger partial charge in [0.05, 0.1) is 22.0 Å². The van der Waals surface area contributed by atoms with E-state index in [1.165, 1.54) is 19.3 Å². The van der Waals surface area contributed by atoms with Crippen molar-refractivity contribution in [1.29, 1.82) is 0 Å². The van der Waals surface area contributed by atoms with Crippen molar-refractivity contribution in [3.05, 3.63) is 16.4 Å². The maximum absolute atomic E-state index is 10.8. The van der Waals surface area contributed by atoms with Gasteiger partial charge in [0.2, 0.25) is 0 Å². The molecule has 0 aromatic carbocycles. The Morgan fingerprint density at radius 1 is 1.53 bits per heavy atom. The second-order valence-electron chi connectivity index (χ2n) is 5.83. The van der Waals surface area contributed by atoms with Gasteiger partial charge in [-0.25, -0.2) is 0 Å². The Morgan fingerprint density at radius 3 is 2.76 bits per heavy atom. The van der Waals surface area contributed by atoms with Crippen LogP contribution in [0.25, 0.3) is 0 Å². The molecule has 3 atom stereocenters. The summed E-state index contributed by atoms with van der Waals surface area (Å²) in [5.41, 5.74) is 1.31. The highest BCUT2D eigenvalue weighted by Crippen LogP contribution is 2.52. The fourth-order valence-corrected chi connectivity index (χ4v) is 4.02. The first-order valence-electron chi connectivity index (χ1n) is 6.40. The maximum atomic E-state index is 10.8. The van der Waals surface area contributed by atoms with Crippen molar-refractivity contribution in [2.75, 3.05) is 0 Å². The Morgan fingerprint density at radius 2 is 2.29 bits per heavy atom. The number of aliphatic hydroxyl groups is 1. The Labute approximate surface area is 107 Å². The van der Waals surface area contributed by atoms with Crippen LogP contribution < -0.4 is 0 Å². The normalized spacial score (nSPS) is 35.8. The van der Waals surface area contributed by atoms with E-state index in [2.05, 4.69) is 5.10 Å². The Hall–Kier alpha value is -0.540. The molecular weight excluding hydrogens is 236 g/mol. The summed E-state index contributed by atoms with van der Waals surface area (Å²) < 4.78 is 1.82. The summed E-state index contributed by atoms with van der Waals surface area (Å²) >= 11 is 6.26. The first-order chi connectivity index (χ1) is 7.99. The predicted octanol–water partition coefficient (Wildman–Crippen LogP) is 2.48. The van der Waals surface area contributed by atoms with Crippen LogP contribution in [0, 0.1) is 18.8 Å². The highest BCUT2D eigenvalue weighted by atomic mass is 35.5. The van der Waals surface area contributed by atoms with Gasteiger partial charge in [0.25, 0.3) is 0 Å². The Bertz CT molecular complexity index is 457. The second-order valence-corrected chi connectivity index (χ2v) is 6.21. The van der Waals surface area contributed by atoms with E-state index in [0.717, 1.165) is 28.7 Å². The lowest BCUT2D eigenvalue weighted by Crippen LogP contribution is -2.38. The fourth-order valence-electron chi connectivity index (χ4n) is 3.79. The number of hydrogen-bond donors (Lipinski definition) is 1. The zero-order valence-corrected chi connectivity index (χ0v) is 11.2. The molecule has 0 radical (unpaired) electrons. The van der Waals surface area contributed by atoms with Crippen LogP contribution in [0.2, 0.25) is 5.02 Å². The van der Waals surface area contributed by atoms with Gasteiger partial charge < -0.3 is 5.11 Å². The van der Waals surface area contributed by atoms with Crippen molar-refractivity contribution in [1.82, 2.24) is 9.78 Å². The van der Waals surface area contributed by atoms with E-state index in [1.54, 1.807) is 0 Å². The van der Waals surface area contributed by atoms with Crippen molar-refractivity contribution >= 4 is 11.6 Å². The number of aryl methyl sites for hydroxylation is 2. The first-order valence-corrected chi connectivity index (χ1v) is 6.78. The monoisotopic (exact) mass is 254 g/mol. The molecule has 2 saturated carbocycles. The fraction of sp³-hybridized carbons (Fsp3) is 0.769. The number of rotatable bonds is 2. The van der Waals surface area contributed by atoms with Gasteiger partial charge >= 0.3 is 0 Å². The van der Waals surface area contributed by atoms with Gasteiger partial charge in [-0.2, -0.15) is 5.10 Å². The van der Waals surface area contributed by atoms with E-state index in [1.807, 2.05) is 18.7 Å². The molecule has 3 rings (SSSR count). The van der Waals surface area contributed by atoms with Crippen molar-refractivity contribution < 1.29 is 5.11 Å². The molecule has 3 nitrogen and oxygen atoms in total. The van der Waals surface area contributed by atoms with E-state index in [4.69, 9.17) is 11.6 Å². The van der Waals surface area contributed by atoms with Crippen molar-refractivity contribution in [3.63, 3.8) is 0 Å². The minimum atomic E-state index is -0.535. The molecule has 17 heavy (non-hydrogen) atoms. The highest BCUT2D eigenvalue weighted by Gasteiger charge is 2.50. The topological polar surface area (TPSA) is 38.0 Å². The van der Waals surface area contributed by atoms with Crippen LogP contribution in [0.1, 0.15) is 37.1 Å². The average Bonchev–Trinajstić information content (AvgIpc) is 2.89. The van der Waals surface area contributed by atoms with E-state index >= 15 is 0 Å². The lowest BCUT2D eigenvalue weighted by molar-refractivity contribution is -0.0139. The third kappa shape index (κ3) is 1.71. The predicted molar refractivity (Wildman–Crippen MR) is 67.1 cm³/mol. The van der Waals surface area contributed by atoms with Gasteiger partial charge in [-0.05, 0) is 44.4 Å². The van der Waals surface area contributed by atoms with Gasteiger partial charge in [0, 0.05) is 13.5 Å². The number of hydrogen-bond acceptors (Lipinski definition) is 2. The summed E-state index contributed by atoms with van der Waals surface area (Å²) in [5.74, 6) is 1.21. The third-order valence-corrected chi connectivity index (χ3v) is 5.17. The zero-order chi connectivity index (χ0) is 12.2. The van der Waals surface area contributed by atoms with Gasteiger partial charge in [-0.15, -0.1) is 0 Å². The summed E-state index contributed by atoms with van der Waals surface area (Å²) in [6.07, 6.45) is 5.27. The molecule has 3 unspecified atom stereocenters. The molecule has 1 N–H and O–H groups in total. The van der Waals surface area contributed by atoms with Crippen LogP contribution in [-0.2, 0) is 13.5 Å². The summed E-state index contributed by atoms with van der Waals surface area (Å²) in [7, 11) is 1.91. The molecule has 2 bridgehead atoms. The van der Waals surface area contributed by atoms with Crippen LogP contribution in [0.4, 0.5) is 0 Å². The molecule has 2 aliphatic carbocycles. The molecule has 0 aliphatic heterocycles. The van der Waals surface area contributed by atoms with Gasteiger partial charge in [-0.3, -0.25) is 4.68 Å². The minimum Gasteiger partial charge on any atom is -0.389 e. The minimum absolute atomic E-state index is 0.471. The van der Waals surface area contributed by atoms with Crippen LogP contribution in [0.5, 0.6) is 0 Å². The highest BCUT2D eigenvalue weighted by molar-refractivity contribution is 6.31. The van der Waals surface area contributed by atoms with Crippen LogP contribution in [-0.4, -0.2) is 20.5 Å². The molecule has 2 fully saturated rings. The number of nitrogens with zero attached hydrogens (tertiary/aromatic N) is 2. The van der Waals surface area contributed by atoms with Crippen molar-refractivity contribution in [2.45, 2.75) is 44.6 Å². The standard InChI is InChI=1S/C13H19ClN2O/c1-8-12(14)11(16(2)15-8)7-13(17)6-9-3-4-10(13)5-9/h9-10,17H,3-7H2,1-2H3. The van der Waals surface area contributed by atoms with Crippen LogP contribution >= 0.6 is 11.6 Å². The van der Waals surface area contributed by atoms with Crippen molar-refractivity contribution in [2.24, 2.45) is 18.9 Å². The maximum Gasteiger partial charge on any atom is 0.0848 e. The van der Waals surface area contributed by atoms with Gasteiger partial charge in [0.1, 0.15) is 0 Å². The largest absolute Gasteiger partial charge is 0.389 e. The Kier molecular flexibility index (Phi) is 2.53. The molecule has 1 heterocycles. The van der Waals surface area contributed by atoms with E-state index in [-0.39, 0.29) is 0 Å². The molecule has 1 aromatic rings. The Balaban J connectivity index is 1.87. The van der Waals surface area contributed by atoms with E-state index in [9.17, 15) is 5.11 Å². The molecule has 2 aliphatic rings. The quantitative estimate of drug-likeness (QED) is 0.881. The molecule has 0 saturated heterocycles. The summed E-state index contributed by atoms with van der Waals surface area (Å²) in [4.78, 5) is 0. The lowest BCUT2D eigenvalue weighted by atomic mass is 9.81. The van der Waals surface area contributed by atoms with Gasteiger partial charge in [0.15, 0.2) is 0 Å². The summed E-state index contributed by atoms with van der Waals surface area (Å²) in [6.45, 7) is 1.91. The SMILES string of the molecule is Cc1nn(C)c(CC2(O)CC3CCC2C3)c1Cl. The molecule has 0 spiro atoms. The number of halogens is 1. The molecule has 4 heteroatoms. The zero-order valence-electron chi connectivity index (χ0n) is 10.4. The van der Waals surface area contributed by atoms with Crippen molar-refractivity contribution in [3.8, 4) is 0 Å². The number of aromatic nitrogens is 2. The van der Waals surface area contributed by atoms with Crippen LogP contribution in [0.15, 0.2) is 0 Å². The van der Waals surface area contributed by atoms with Crippen LogP contribution in [0.3, 0.4) is 0 Å². The molecule has 1 aromatic heterocycles. The number of fused-ring (bicyclic) bond motifs is 2. The molecule has 0 amide bonds. The average molecular weight is 255 g/mol. The smallest absolute Gasteiger partial charge is 0.0848 e. The van der Waals surface area contributed by atoms with E-state index < -0.39 is 5.60 Å². The summed E-state index contributed by atoms with van der Waals surface area (Å²) in [6, 6.07) is 0. The molecule has 94 valence electrons. The lowest BCUT2D eigenvalue weighted by Gasteiger charge is -2.32. The molecular formula is C13H19ClN2O. The first kappa shape index (κ1) is 11.5. The second kappa shape index (κ2) is 3.72. The van der Waals surface area contributed by atoms with E-state index in [0.29, 0.717) is 12.3 Å².